The Kier molecular flexibility index (Phi) is 3.32. The number of aldehydes is 1. The van der Waals surface area contributed by atoms with Crippen LogP contribution in [0.25, 0.3) is 0 Å². The summed E-state index contributed by atoms with van der Waals surface area (Å²) in [5.41, 5.74) is 1.43. The summed E-state index contributed by atoms with van der Waals surface area (Å²) in [6, 6.07) is 3.39. The molecule has 13 heavy (non-hydrogen) atoms. The van der Waals surface area contributed by atoms with Gasteiger partial charge < -0.3 is 4.74 Å². The first-order valence-corrected chi connectivity index (χ1v) is 4.45. The van der Waals surface area contributed by atoms with E-state index in [-0.39, 0.29) is 0 Å². The highest BCUT2D eigenvalue weighted by molar-refractivity contribution is 6.33. The molecule has 0 aliphatic heterocycles. The number of halogens is 1. The van der Waals surface area contributed by atoms with Gasteiger partial charge in [-0.3, -0.25) is 4.79 Å². The summed E-state index contributed by atoms with van der Waals surface area (Å²) < 4.78 is 5.32. The maximum Gasteiger partial charge on any atom is 0.151 e. The van der Waals surface area contributed by atoms with Gasteiger partial charge in [-0.25, -0.2) is 0 Å². The molecule has 70 valence electrons. The minimum Gasteiger partial charge on any atom is -0.494 e. The number of aryl methyl sites for hydroxylation is 1. The molecule has 0 heterocycles. The van der Waals surface area contributed by atoms with Gasteiger partial charge in [0, 0.05) is 5.56 Å². The normalized spacial score (nSPS) is 9.77. The van der Waals surface area contributed by atoms with Crippen LogP contribution in [0.5, 0.6) is 5.75 Å². The lowest BCUT2D eigenvalue weighted by Gasteiger charge is -2.08. The minimum atomic E-state index is 0.434. The number of carbonyl (C=O) groups excluding carboxylic acids is 1. The van der Waals surface area contributed by atoms with Crippen molar-refractivity contribution in [3.8, 4) is 5.75 Å². The highest BCUT2D eigenvalue weighted by atomic mass is 35.5. The van der Waals surface area contributed by atoms with Gasteiger partial charge in [0.25, 0.3) is 0 Å². The molecule has 0 saturated heterocycles. The predicted molar refractivity (Wildman–Crippen MR) is 52.7 cm³/mol. The second-order valence-electron chi connectivity index (χ2n) is 2.69. The molecule has 2 nitrogen and oxygen atoms in total. The van der Waals surface area contributed by atoms with Gasteiger partial charge in [-0.1, -0.05) is 11.6 Å². The van der Waals surface area contributed by atoms with E-state index < -0.39 is 0 Å². The third-order valence-electron chi connectivity index (χ3n) is 1.72. The van der Waals surface area contributed by atoms with Gasteiger partial charge in [0.05, 0.1) is 11.6 Å². The van der Waals surface area contributed by atoms with Crippen molar-refractivity contribution in [1.82, 2.24) is 0 Å². The molecule has 0 amide bonds. The molecule has 0 saturated carbocycles. The number of carbonyl (C=O) groups is 1. The molecule has 1 aromatic carbocycles. The molecule has 0 atom stereocenters. The molecule has 1 aromatic rings. The Morgan fingerprint density at radius 1 is 1.54 bits per heavy atom. The van der Waals surface area contributed by atoms with Crippen molar-refractivity contribution in [3.63, 3.8) is 0 Å². The van der Waals surface area contributed by atoms with E-state index in [9.17, 15) is 4.79 Å². The van der Waals surface area contributed by atoms with Crippen LogP contribution in [0.1, 0.15) is 22.8 Å². The van der Waals surface area contributed by atoms with Crippen molar-refractivity contribution in [2.75, 3.05) is 6.61 Å². The summed E-state index contributed by atoms with van der Waals surface area (Å²) >= 11 is 5.83. The van der Waals surface area contributed by atoms with Crippen molar-refractivity contribution >= 4 is 17.9 Å². The van der Waals surface area contributed by atoms with Crippen LogP contribution in [0.4, 0.5) is 0 Å². The second kappa shape index (κ2) is 4.28. The van der Waals surface area contributed by atoms with E-state index in [0.717, 1.165) is 17.6 Å². The molecule has 0 unspecified atom stereocenters. The molecule has 0 aromatic heterocycles. The predicted octanol–water partition coefficient (Wildman–Crippen LogP) is 2.86. The fourth-order valence-corrected chi connectivity index (χ4v) is 1.29. The number of rotatable bonds is 3. The summed E-state index contributed by atoms with van der Waals surface area (Å²) in [6.45, 7) is 4.38. The number of ether oxygens (including phenoxy) is 1. The van der Waals surface area contributed by atoms with Gasteiger partial charge in [0.1, 0.15) is 5.75 Å². The van der Waals surface area contributed by atoms with Crippen molar-refractivity contribution in [3.05, 3.63) is 28.3 Å². The zero-order valence-corrected chi connectivity index (χ0v) is 8.39. The molecular weight excluding hydrogens is 188 g/mol. The first-order chi connectivity index (χ1) is 6.19. The van der Waals surface area contributed by atoms with Crippen molar-refractivity contribution < 1.29 is 9.53 Å². The molecule has 1 rings (SSSR count). The van der Waals surface area contributed by atoms with Crippen molar-refractivity contribution in [2.45, 2.75) is 13.8 Å². The van der Waals surface area contributed by atoms with E-state index in [1.807, 2.05) is 13.8 Å². The van der Waals surface area contributed by atoms with E-state index in [0.29, 0.717) is 17.2 Å². The summed E-state index contributed by atoms with van der Waals surface area (Å²) in [6.07, 6.45) is 0.741. The van der Waals surface area contributed by atoms with Crippen molar-refractivity contribution in [1.29, 1.82) is 0 Å². The second-order valence-corrected chi connectivity index (χ2v) is 3.10. The third-order valence-corrected chi connectivity index (χ3v) is 2.05. The SMILES string of the molecule is CCOc1cc(Cl)c(C=O)cc1C. The average molecular weight is 199 g/mol. The maximum atomic E-state index is 10.5. The molecule has 0 fully saturated rings. The highest BCUT2D eigenvalue weighted by Crippen LogP contribution is 2.25. The molecule has 0 spiro atoms. The summed E-state index contributed by atoms with van der Waals surface area (Å²) in [4.78, 5) is 10.5. The van der Waals surface area contributed by atoms with Crippen LogP contribution in [0.3, 0.4) is 0 Å². The van der Waals surface area contributed by atoms with Crippen LogP contribution in [0, 0.1) is 6.92 Å². The number of benzene rings is 1. The van der Waals surface area contributed by atoms with Gasteiger partial charge in [0.2, 0.25) is 0 Å². The van der Waals surface area contributed by atoms with E-state index in [1.54, 1.807) is 12.1 Å². The molecule has 3 heteroatoms. The van der Waals surface area contributed by atoms with Crippen molar-refractivity contribution in [2.24, 2.45) is 0 Å². The Labute approximate surface area is 82.5 Å². The van der Waals surface area contributed by atoms with Crippen LogP contribution < -0.4 is 4.74 Å². The summed E-state index contributed by atoms with van der Waals surface area (Å²) in [5, 5.41) is 0.434. The minimum absolute atomic E-state index is 0.434. The van der Waals surface area contributed by atoms with Gasteiger partial charge in [0.15, 0.2) is 6.29 Å². The molecule has 0 aliphatic rings. The first-order valence-electron chi connectivity index (χ1n) is 4.07. The Balaban J connectivity index is 3.12. The topological polar surface area (TPSA) is 26.3 Å². The van der Waals surface area contributed by atoms with E-state index in [1.165, 1.54) is 0 Å². The van der Waals surface area contributed by atoms with Crippen LogP contribution in [-0.4, -0.2) is 12.9 Å². The summed E-state index contributed by atoms with van der Waals surface area (Å²) in [5.74, 6) is 0.734. The highest BCUT2D eigenvalue weighted by Gasteiger charge is 2.05. The monoisotopic (exact) mass is 198 g/mol. The van der Waals surface area contributed by atoms with Crippen LogP contribution >= 0.6 is 11.6 Å². The lowest BCUT2D eigenvalue weighted by atomic mass is 10.1. The van der Waals surface area contributed by atoms with Gasteiger partial charge in [-0.2, -0.15) is 0 Å². The lowest BCUT2D eigenvalue weighted by molar-refractivity contribution is 0.112. The third kappa shape index (κ3) is 2.22. The fraction of sp³-hybridized carbons (Fsp3) is 0.300. The molecule has 0 radical (unpaired) electrons. The maximum absolute atomic E-state index is 10.5. The molecule has 0 N–H and O–H groups in total. The summed E-state index contributed by atoms with van der Waals surface area (Å²) in [7, 11) is 0. The molecular formula is C10H11ClO2. The first kappa shape index (κ1) is 10.1. The Hall–Kier alpha value is -1.02. The Bertz CT molecular complexity index is 321. The van der Waals surface area contributed by atoms with Gasteiger partial charge >= 0.3 is 0 Å². The van der Waals surface area contributed by atoms with Gasteiger partial charge in [-0.15, -0.1) is 0 Å². The van der Waals surface area contributed by atoms with E-state index in [4.69, 9.17) is 16.3 Å². The largest absolute Gasteiger partial charge is 0.494 e. The zero-order valence-electron chi connectivity index (χ0n) is 7.63. The number of hydrogen-bond acceptors (Lipinski definition) is 2. The van der Waals surface area contributed by atoms with Crippen LogP contribution in [0.15, 0.2) is 12.1 Å². The lowest BCUT2D eigenvalue weighted by Crippen LogP contribution is -1.95. The zero-order chi connectivity index (χ0) is 9.84. The van der Waals surface area contributed by atoms with Crippen LogP contribution in [0.2, 0.25) is 5.02 Å². The number of hydrogen-bond donors (Lipinski definition) is 0. The quantitative estimate of drug-likeness (QED) is 0.699. The smallest absolute Gasteiger partial charge is 0.151 e. The van der Waals surface area contributed by atoms with E-state index >= 15 is 0 Å². The average Bonchev–Trinajstić information content (AvgIpc) is 2.11. The Morgan fingerprint density at radius 3 is 2.77 bits per heavy atom. The van der Waals surface area contributed by atoms with Gasteiger partial charge in [-0.05, 0) is 31.5 Å². The van der Waals surface area contributed by atoms with Crippen LogP contribution in [-0.2, 0) is 0 Å². The molecule has 0 bridgehead atoms. The fourth-order valence-electron chi connectivity index (χ4n) is 1.09. The Morgan fingerprint density at radius 2 is 2.23 bits per heavy atom. The van der Waals surface area contributed by atoms with E-state index in [2.05, 4.69) is 0 Å². The standard InChI is InChI=1S/C10H11ClO2/c1-3-13-10-5-9(11)8(6-12)4-7(10)2/h4-6H,3H2,1-2H3. The molecule has 0 aliphatic carbocycles.